The largest absolute Gasteiger partial charge is 0.487 e. The molecule has 1 N–H and O–H groups in total. The summed E-state index contributed by atoms with van der Waals surface area (Å²) in [5, 5.41) is 3.14. The standard InChI is InChI=1S/C15H18N2O3S/c1-3-16-15-6-4-5-12(17-15)11-20-13-7-9-14(10-8-13)21(2,18)19/h4-10H,3,11H2,1-2H3,(H,16,17). The van der Waals surface area contributed by atoms with Crippen LogP contribution in [0.25, 0.3) is 0 Å². The lowest BCUT2D eigenvalue weighted by Gasteiger charge is -2.08. The lowest BCUT2D eigenvalue weighted by Crippen LogP contribution is -2.03. The summed E-state index contributed by atoms with van der Waals surface area (Å²) in [7, 11) is -3.17. The number of sulfone groups is 1. The summed E-state index contributed by atoms with van der Waals surface area (Å²) >= 11 is 0. The Bertz CT molecular complexity index is 697. The highest BCUT2D eigenvalue weighted by atomic mass is 32.2. The van der Waals surface area contributed by atoms with Gasteiger partial charge in [-0.1, -0.05) is 6.07 Å². The number of aromatic nitrogens is 1. The number of ether oxygens (including phenoxy) is 1. The molecule has 0 saturated heterocycles. The number of rotatable bonds is 6. The molecule has 6 heteroatoms. The van der Waals surface area contributed by atoms with Crippen LogP contribution in [0.1, 0.15) is 12.6 Å². The maximum absolute atomic E-state index is 11.4. The van der Waals surface area contributed by atoms with Crippen LogP contribution in [0.3, 0.4) is 0 Å². The van der Waals surface area contributed by atoms with Crippen molar-refractivity contribution in [3.05, 3.63) is 48.2 Å². The molecule has 0 bridgehead atoms. The van der Waals surface area contributed by atoms with Crippen molar-refractivity contribution in [1.82, 2.24) is 4.98 Å². The van der Waals surface area contributed by atoms with Crippen molar-refractivity contribution in [3.8, 4) is 5.75 Å². The highest BCUT2D eigenvalue weighted by Gasteiger charge is 2.06. The highest BCUT2D eigenvalue weighted by Crippen LogP contribution is 2.17. The Morgan fingerprint density at radius 1 is 1.14 bits per heavy atom. The molecule has 0 aliphatic heterocycles. The first-order valence-electron chi connectivity index (χ1n) is 6.62. The van der Waals surface area contributed by atoms with Gasteiger partial charge in [0, 0.05) is 12.8 Å². The van der Waals surface area contributed by atoms with Crippen molar-refractivity contribution >= 4 is 15.7 Å². The SMILES string of the molecule is CCNc1cccc(COc2ccc(S(C)(=O)=O)cc2)n1. The molecule has 0 unspecified atom stereocenters. The quantitative estimate of drug-likeness (QED) is 0.888. The van der Waals surface area contributed by atoms with Crippen molar-refractivity contribution < 1.29 is 13.2 Å². The molecule has 0 spiro atoms. The van der Waals surface area contributed by atoms with Crippen molar-refractivity contribution in [3.63, 3.8) is 0 Å². The van der Waals surface area contributed by atoms with Crippen LogP contribution in [0.15, 0.2) is 47.4 Å². The average Bonchev–Trinajstić information content (AvgIpc) is 2.45. The number of anilines is 1. The van der Waals surface area contributed by atoms with Gasteiger partial charge in [-0.25, -0.2) is 13.4 Å². The zero-order chi connectivity index (χ0) is 15.3. The van der Waals surface area contributed by atoms with E-state index in [9.17, 15) is 8.42 Å². The first-order valence-corrected chi connectivity index (χ1v) is 8.51. The summed E-state index contributed by atoms with van der Waals surface area (Å²) in [6.45, 7) is 3.15. The molecule has 0 aliphatic rings. The Labute approximate surface area is 124 Å². The fraction of sp³-hybridized carbons (Fsp3) is 0.267. The van der Waals surface area contributed by atoms with Crippen molar-refractivity contribution in [2.24, 2.45) is 0 Å². The van der Waals surface area contributed by atoms with E-state index in [0.29, 0.717) is 12.4 Å². The second-order valence-corrected chi connectivity index (χ2v) is 6.59. The zero-order valence-electron chi connectivity index (χ0n) is 12.0. The molecule has 2 rings (SSSR count). The fourth-order valence-electron chi connectivity index (χ4n) is 1.78. The molecule has 0 atom stereocenters. The van der Waals surface area contributed by atoms with E-state index in [1.165, 1.54) is 18.4 Å². The van der Waals surface area contributed by atoms with Gasteiger partial charge in [0.15, 0.2) is 9.84 Å². The van der Waals surface area contributed by atoms with Crippen LogP contribution in [0.5, 0.6) is 5.75 Å². The number of nitrogens with zero attached hydrogens (tertiary/aromatic N) is 1. The molecule has 5 nitrogen and oxygen atoms in total. The van der Waals surface area contributed by atoms with Gasteiger partial charge in [0.1, 0.15) is 18.2 Å². The van der Waals surface area contributed by atoms with Crippen molar-refractivity contribution in [1.29, 1.82) is 0 Å². The van der Waals surface area contributed by atoms with E-state index in [2.05, 4.69) is 10.3 Å². The third kappa shape index (κ3) is 4.46. The van der Waals surface area contributed by atoms with E-state index < -0.39 is 9.84 Å². The van der Waals surface area contributed by atoms with Crippen LogP contribution in [0, 0.1) is 0 Å². The van der Waals surface area contributed by atoms with E-state index >= 15 is 0 Å². The lowest BCUT2D eigenvalue weighted by atomic mass is 10.3. The van der Waals surface area contributed by atoms with Gasteiger partial charge in [-0.05, 0) is 43.3 Å². The average molecular weight is 306 g/mol. The first-order chi connectivity index (χ1) is 9.99. The molecule has 2 aromatic rings. The molecule has 0 amide bonds. The Balaban J connectivity index is 2.01. The minimum atomic E-state index is -3.17. The number of benzene rings is 1. The van der Waals surface area contributed by atoms with E-state index in [4.69, 9.17) is 4.74 Å². The molecule has 0 fully saturated rings. The second-order valence-electron chi connectivity index (χ2n) is 4.58. The molecule has 112 valence electrons. The van der Waals surface area contributed by atoms with Gasteiger partial charge in [0.05, 0.1) is 10.6 Å². The van der Waals surface area contributed by atoms with Crippen molar-refractivity contribution in [2.45, 2.75) is 18.4 Å². The van der Waals surface area contributed by atoms with Gasteiger partial charge >= 0.3 is 0 Å². The van der Waals surface area contributed by atoms with Gasteiger partial charge < -0.3 is 10.1 Å². The van der Waals surface area contributed by atoms with Gasteiger partial charge in [-0.3, -0.25) is 0 Å². The van der Waals surface area contributed by atoms with E-state index in [0.717, 1.165) is 18.1 Å². The third-order valence-corrected chi connectivity index (χ3v) is 3.93. The summed E-state index contributed by atoms with van der Waals surface area (Å²) in [6.07, 6.45) is 1.18. The first kappa shape index (κ1) is 15.3. The maximum Gasteiger partial charge on any atom is 0.175 e. The smallest absolute Gasteiger partial charge is 0.175 e. The molecule has 1 aromatic carbocycles. The number of hydrogen-bond donors (Lipinski definition) is 1. The lowest BCUT2D eigenvalue weighted by molar-refractivity contribution is 0.301. The Kier molecular flexibility index (Phi) is 4.80. The van der Waals surface area contributed by atoms with Crippen molar-refractivity contribution in [2.75, 3.05) is 18.1 Å². The number of nitrogens with one attached hydrogen (secondary N) is 1. The molecule has 0 aliphatic carbocycles. The molecule has 1 heterocycles. The van der Waals surface area contributed by atoms with Crippen LogP contribution in [0.4, 0.5) is 5.82 Å². The van der Waals surface area contributed by atoms with Crippen LogP contribution >= 0.6 is 0 Å². The summed E-state index contributed by atoms with van der Waals surface area (Å²) in [5.74, 6) is 1.42. The molecular formula is C15H18N2O3S. The molecule has 0 saturated carbocycles. The predicted molar refractivity (Wildman–Crippen MR) is 82.3 cm³/mol. The normalized spacial score (nSPS) is 11.1. The summed E-state index contributed by atoms with van der Waals surface area (Å²) < 4.78 is 28.3. The number of hydrogen-bond acceptors (Lipinski definition) is 5. The minimum Gasteiger partial charge on any atom is -0.487 e. The van der Waals surface area contributed by atoms with Crippen LogP contribution < -0.4 is 10.1 Å². The summed E-state index contributed by atoms with van der Waals surface area (Å²) in [5.41, 5.74) is 0.806. The van der Waals surface area contributed by atoms with E-state index in [1.807, 2.05) is 25.1 Å². The van der Waals surface area contributed by atoms with Crippen LogP contribution in [-0.2, 0) is 16.4 Å². The van der Waals surface area contributed by atoms with Gasteiger partial charge in [0.25, 0.3) is 0 Å². The molecule has 21 heavy (non-hydrogen) atoms. The molecule has 1 aromatic heterocycles. The fourth-order valence-corrected chi connectivity index (χ4v) is 2.41. The maximum atomic E-state index is 11.4. The van der Waals surface area contributed by atoms with Crippen LogP contribution in [0.2, 0.25) is 0 Å². The van der Waals surface area contributed by atoms with Crippen LogP contribution in [-0.4, -0.2) is 26.2 Å². The Hall–Kier alpha value is -2.08. The van der Waals surface area contributed by atoms with Gasteiger partial charge in [0.2, 0.25) is 0 Å². The second kappa shape index (κ2) is 6.58. The summed E-state index contributed by atoms with van der Waals surface area (Å²) in [6, 6.07) is 12.0. The molecular weight excluding hydrogens is 288 g/mol. The van der Waals surface area contributed by atoms with E-state index in [-0.39, 0.29) is 4.90 Å². The third-order valence-electron chi connectivity index (χ3n) is 2.80. The van der Waals surface area contributed by atoms with Gasteiger partial charge in [-0.15, -0.1) is 0 Å². The van der Waals surface area contributed by atoms with E-state index in [1.54, 1.807) is 12.1 Å². The Morgan fingerprint density at radius 2 is 1.86 bits per heavy atom. The molecule has 0 radical (unpaired) electrons. The summed E-state index contributed by atoms with van der Waals surface area (Å²) in [4.78, 5) is 4.68. The number of pyridine rings is 1. The topological polar surface area (TPSA) is 68.3 Å². The zero-order valence-corrected chi connectivity index (χ0v) is 12.9. The Morgan fingerprint density at radius 3 is 2.48 bits per heavy atom. The highest BCUT2D eigenvalue weighted by molar-refractivity contribution is 7.90. The minimum absolute atomic E-state index is 0.280. The predicted octanol–water partition coefficient (Wildman–Crippen LogP) is 2.50. The van der Waals surface area contributed by atoms with Gasteiger partial charge in [-0.2, -0.15) is 0 Å². The monoisotopic (exact) mass is 306 g/mol.